The lowest BCUT2D eigenvalue weighted by Gasteiger charge is -2.35. The van der Waals surface area contributed by atoms with Crippen molar-refractivity contribution < 1.29 is 0 Å². The molecule has 0 amide bonds. The summed E-state index contributed by atoms with van der Waals surface area (Å²) in [7, 11) is 0. The highest BCUT2D eigenvalue weighted by Gasteiger charge is 2.20. The van der Waals surface area contributed by atoms with Gasteiger partial charge in [0.05, 0.1) is 0 Å². The Hall–Kier alpha value is -0.200. The second-order valence-electron chi connectivity index (χ2n) is 7.77. The van der Waals surface area contributed by atoms with E-state index in [2.05, 4.69) is 39.6 Å². The van der Waals surface area contributed by atoms with Crippen LogP contribution in [0.3, 0.4) is 0 Å². The Morgan fingerprint density at radius 2 is 1.24 bits per heavy atom. The molecule has 0 aromatic rings. The van der Waals surface area contributed by atoms with Gasteiger partial charge in [-0.3, -0.25) is 9.80 Å². The van der Waals surface area contributed by atoms with Crippen LogP contribution in [0, 0.1) is 0 Å². The molecule has 0 saturated carbocycles. The van der Waals surface area contributed by atoms with Crippen LogP contribution in [0.15, 0.2) is 0 Å². The topological polar surface area (TPSA) is 42.6 Å². The minimum Gasteiger partial charge on any atom is -0.317 e. The lowest BCUT2D eigenvalue weighted by Crippen LogP contribution is -2.51. The van der Waals surface area contributed by atoms with Gasteiger partial charge in [0, 0.05) is 51.4 Å². The van der Waals surface area contributed by atoms with Crippen LogP contribution in [-0.2, 0) is 0 Å². The van der Waals surface area contributed by atoms with Crippen molar-refractivity contribution >= 4 is 0 Å². The van der Waals surface area contributed by atoms with Gasteiger partial charge in [-0.2, -0.15) is 0 Å². The summed E-state index contributed by atoms with van der Waals surface area (Å²) in [6.45, 7) is 16.7. The van der Waals surface area contributed by atoms with E-state index in [-0.39, 0.29) is 0 Å². The van der Waals surface area contributed by atoms with Crippen molar-refractivity contribution in [1.82, 2.24) is 25.8 Å². The van der Waals surface area contributed by atoms with Crippen LogP contribution in [0.1, 0.15) is 52.4 Å². The quantitative estimate of drug-likeness (QED) is 0.464. The smallest absolute Gasteiger partial charge is 0.0218 e. The highest BCUT2D eigenvalue weighted by molar-refractivity contribution is 4.79. The summed E-state index contributed by atoms with van der Waals surface area (Å²) < 4.78 is 0. The van der Waals surface area contributed by atoms with E-state index >= 15 is 0 Å². The first-order valence-electron chi connectivity index (χ1n) is 10.9. The molecule has 0 aliphatic carbocycles. The second kappa shape index (κ2) is 13.0. The molecule has 2 unspecified atom stereocenters. The standard InChI is InChI=1S/C20H43N5/c1-3-19-17-22-11-15-24(19)13-7-5-9-21-10-6-8-14-25-16-12-23-18-20(25)4-2/h19-23H,3-18H2,1-2H3. The van der Waals surface area contributed by atoms with E-state index in [9.17, 15) is 0 Å². The van der Waals surface area contributed by atoms with E-state index < -0.39 is 0 Å². The first-order chi connectivity index (χ1) is 12.3. The average Bonchev–Trinajstić information content (AvgIpc) is 2.67. The van der Waals surface area contributed by atoms with Gasteiger partial charge in [-0.15, -0.1) is 0 Å². The van der Waals surface area contributed by atoms with Crippen LogP contribution in [0.2, 0.25) is 0 Å². The summed E-state index contributed by atoms with van der Waals surface area (Å²) in [5.74, 6) is 0. The van der Waals surface area contributed by atoms with Gasteiger partial charge in [-0.05, 0) is 64.7 Å². The molecule has 0 radical (unpaired) electrons. The van der Waals surface area contributed by atoms with Gasteiger partial charge in [0.15, 0.2) is 0 Å². The van der Waals surface area contributed by atoms with Crippen molar-refractivity contribution in [3.8, 4) is 0 Å². The fourth-order valence-electron chi connectivity index (χ4n) is 4.25. The summed E-state index contributed by atoms with van der Waals surface area (Å²) in [4.78, 5) is 5.38. The molecule has 2 aliphatic heterocycles. The third-order valence-electron chi connectivity index (χ3n) is 5.98. The Morgan fingerprint density at radius 1 is 0.760 bits per heavy atom. The van der Waals surface area contributed by atoms with Gasteiger partial charge in [0.25, 0.3) is 0 Å². The van der Waals surface area contributed by atoms with Crippen molar-refractivity contribution in [2.75, 3.05) is 65.4 Å². The molecule has 3 N–H and O–H groups in total. The molecule has 2 saturated heterocycles. The Labute approximate surface area is 156 Å². The zero-order chi connectivity index (χ0) is 17.7. The SMILES string of the molecule is CCC1CNCCN1CCCCNCCCCN1CCNCC1CC. The van der Waals surface area contributed by atoms with Gasteiger partial charge < -0.3 is 16.0 Å². The monoisotopic (exact) mass is 353 g/mol. The molecule has 2 atom stereocenters. The molecular weight excluding hydrogens is 310 g/mol. The molecule has 5 nitrogen and oxygen atoms in total. The molecule has 25 heavy (non-hydrogen) atoms. The van der Waals surface area contributed by atoms with Crippen molar-refractivity contribution in [3.63, 3.8) is 0 Å². The minimum absolute atomic E-state index is 0.763. The predicted octanol–water partition coefficient (Wildman–Crippen LogP) is 1.50. The molecule has 2 fully saturated rings. The van der Waals surface area contributed by atoms with E-state index in [1.54, 1.807) is 0 Å². The summed E-state index contributed by atoms with van der Waals surface area (Å²) in [6.07, 6.45) is 7.85. The number of piperazine rings is 2. The predicted molar refractivity (Wildman–Crippen MR) is 108 cm³/mol. The number of hydrogen-bond donors (Lipinski definition) is 3. The Balaban J connectivity index is 1.40. The minimum atomic E-state index is 0.763. The molecule has 5 heteroatoms. The molecule has 0 aromatic carbocycles. The lowest BCUT2D eigenvalue weighted by atomic mass is 10.1. The molecule has 2 aliphatic rings. The maximum atomic E-state index is 3.65. The van der Waals surface area contributed by atoms with E-state index in [0.29, 0.717) is 0 Å². The van der Waals surface area contributed by atoms with Crippen LogP contribution >= 0.6 is 0 Å². The molecule has 2 rings (SSSR count). The number of nitrogens with zero attached hydrogens (tertiary/aromatic N) is 2. The number of hydrogen-bond acceptors (Lipinski definition) is 5. The van der Waals surface area contributed by atoms with E-state index in [4.69, 9.17) is 0 Å². The zero-order valence-corrected chi connectivity index (χ0v) is 16.9. The first-order valence-corrected chi connectivity index (χ1v) is 10.9. The second-order valence-corrected chi connectivity index (χ2v) is 7.77. The van der Waals surface area contributed by atoms with Crippen LogP contribution < -0.4 is 16.0 Å². The van der Waals surface area contributed by atoms with Crippen molar-refractivity contribution in [2.45, 2.75) is 64.5 Å². The largest absolute Gasteiger partial charge is 0.317 e. The molecule has 0 bridgehead atoms. The summed E-state index contributed by atoms with van der Waals surface area (Å²) >= 11 is 0. The zero-order valence-electron chi connectivity index (χ0n) is 16.9. The fourth-order valence-corrected chi connectivity index (χ4v) is 4.25. The van der Waals surface area contributed by atoms with Crippen molar-refractivity contribution in [3.05, 3.63) is 0 Å². The van der Waals surface area contributed by atoms with E-state index in [1.165, 1.54) is 104 Å². The number of unbranched alkanes of at least 4 members (excludes halogenated alkanes) is 2. The highest BCUT2D eigenvalue weighted by Crippen LogP contribution is 2.09. The number of nitrogens with one attached hydrogen (secondary N) is 3. The van der Waals surface area contributed by atoms with Gasteiger partial charge in [-0.25, -0.2) is 0 Å². The molecule has 2 heterocycles. The Morgan fingerprint density at radius 3 is 1.68 bits per heavy atom. The number of rotatable bonds is 12. The molecule has 0 aromatic heterocycles. The molecular formula is C20H43N5. The third-order valence-corrected chi connectivity index (χ3v) is 5.98. The average molecular weight is 354 g/mol. The first kappa shape index (κ1) is 21.1. The maximum Gasteiger partial charge on any atom is 0.0218 e. The van der Waals surface area contributed by atoms with Gasteiger partial charge in [0.2, 0.25) is 0 Å². The van der Waals surface area contributed by atoms with Crippen LogP contribution in [0.4, 0.5) is 0 Å². The Bertz CT molecular complexity index is 295. The fraction of sp³-hybridized carbons (Fsp3) is 1.00. The van der Waals surface area contributed by atoms with E-state index in [1.807, 2.05) is 0 Å². The van der Waals surface area contributed by atoms with Crippen LogP contribution in [0.5, 0.6) is 0 Å². The van der Waals surface area contributed by atoms with Crippen molar-refractivity contribution in [1.29, 1.82) is 0 Å². The highest BCUT2D eigenvalue weighted by atomic mass is 15.2. The van der Waals surface area contributed by atoms with E-state index in [0.717, 1.165) is 12.1 Å². The Kier molecular flexibility index (Phi) is 11.0. The van der Waals surface area contributed by atoms with Crippen LogP contribution in [-0.4, -0.2) is 87.3 Å². The molecule has 148 valence electrons. The summed E-state index contributed by atoms with van der Waals surface area (Å²) in [5.41, 5.74) is 0. The summed E-state index contributed by atoms with van der Waals surface area (Å²) in [6, 6.07) is 1.53. The molecule has 0 spiro atoms. The lowest BCUT2D eigenvalue weighted by molar-refractivity contribution is 0.153. The van der Waals surface area contributed by atoms with Crippen molar-refractivity contribution in [2.24, 2.45) is 0 Å². The third kappa shape index (κ3) is 7.92. The van der Waals surface area contributed by atoms with Gasteiger partial charge in [0.1, 0.15) is 0 Å². The maximum absolute atomic E-state index is 3.65. The summed E-state index contributed by atoms with van der Waals surface area (Å²) in [5, 5.41) is 10.7. The van der Waals surface area contributed by atoms with Crippen LogP contribution in [0.25, 0.3) is 0 Å². The van der Waals surface area contributed by atoms with Gasteiger partial charge >= 0.3 is 0 Å². The van der Waals surface area contributed by atoms with Gasteiger partial charge in [-0.1, -0.05) is 13.8 Å². The normalized spacial score (nSPS) is 26.2.